The van der Waals surface area contributed by atoms with E-state index in [0.717, 1.165) is 58.4 Å². The Morgan fingerprint density at radius 3 is 2.07 bits per heavy atom. The summed E-state index contributed by atoms with van der Waals surface area (Å²) in [4.78, 5) is 14.1. The number of benzene rings is 1. The van der Waals surface area contributed by atoms with E-state index in [1.807, 2.05) is 59.7 Å². The molecule has 1 saturated carbocycles. The molecule has 1 aromatic carbocycles. The lowest BCUT2D eigenvalue weighted by atomic mass is 9.94. The van der Waals surface area contributed by atoms with Crippen LogP contribution in [-0.2, 0) is 16.0 Å². The molecule has 0 bridgehead atoms. The fraction of sp³-hybridized carbons (Fsp3) is 0.654. The molecule has 172 valence electrons. The third kappa shape index (κ3) is 10.8. The number of aliphatic carboxylic acids is 1. The van der Waals surface area contributed by atoms with E-state index in [0.29, 0.717) is 6.42 Å². The summed E-state index contributed by atoms with van der Waals surface area (Å²) in [7, 11) is 0. The van der Waals surface area contributed by atoms with E-state index in [4.69, 9.17) is 4.74 Å². The largest absolute Gasteiger partial charge is 0.481 e. The van der Waals surface area contributed by atoms with Gasteiger partial charge in [0.25, 0.3) is 0 Å². The molecule has 4 heteroatoms. The Labute approximate surface area is 185 Å². The van der Waals surface area contributed by atoms with Crippen LogP contribution in [0.3, 0.4) is 0 Å². The van der Waals surface area contributed by atoms with Crippen molar-refractivity contribution in [2.75, 3.05) is 26.3 Å². The van der Waals surface area contributed by atoms with Crippen molar-refractivity contribution >= 4 is 5.97 Å². The van der Waals surface area contributed by atoms with Crippen LogP contribution in [0.25, 0.3) is 0 Å². The zero-order valence-corrected chi connectivity index (χ0v) is 20.2. The number of hydrogen-bond acceptors (Lipinski definition) is 3. The maximum Gasteiger partial charge on any atom is 0.306 e. The van der Waals surface area contributed by atoms with Crippen LogP contribution in [0.4, 0.5) is 0 Å². The van der Waals surface area contributed by atoms with Crippen molar-refractivity contribution in [2.24, 2.45) is 5.92 Å². The van der Waals surface area contributed by atoms with Gasteiger partial charge in [-0.15, -0.1) is 0 Å². The molecule has 2 aliphatic rings. The van der Waals surface area contributed by atoms with Gasteiger partial charge >= 0.3 is 5.97 Å². The van der Waals surface area contributed by atoms with E-state index in [-0.39, 0.29) is 5.92 Å². The van der Waals surface area contributed by atoms with Gasteiger partial charge in [-0.1, -0.05) is 77.4 Å². The third-order valence-electron chi connectivity index (χ3n) is 4.95. The number of carboxylic acid groups (broad SMARTS) is 1. The van der Waals surface area contributed by atoms with Crippen molar-refractivity contribution < 1.29 is 14.6 Å². The van der Waals surface area contributed by atoms with Crippen molar-refractivity contribution in [1.29, 1.82) is 0 Å². The molecule has 1 heterocycles. The first-order valence-corrected chi connectivity index (χ1v) is 12.0. The number of nitrogens with zero attached hydrogens (tertiary/aromatic N) is 1. The number of rotatable bonds is 8. The second-order valence-corrected chi connectivity index (χ2v) is 6.77. The highest BCUT2D eigenvalue weighted by Crippen LogP contribution is 2.37. The minimum absolute atomic E-state index is 0.278. The molecule has 0 radical (unpaired) electrons. The van der Waals surface area contributed by atoms with Crippen molar-refractivity contribution in [1.82, 2.24) is 4.90 Å². The van der Waals surface area contributed by atoms with Crippen LogP contribution in [0, 0.1) is 5.92 Å². The summed E-state index contributed by atoms with van der Waals surface area (Å²) in [6.45, 7) is 15.3. The molecule has 2 fully saturated rings. The van der Waals surface area contributed by atoms with Gasteiger partial charge in [-0.3, -0.25) is 4.79 Å². The Balaban J connectivity index is 0.00000129. The zero-order chi connectivity index (χ0) is 22.8. The van der Waals surface area contributed by atoms with Crippen LogP contribution >= 0.6 is 0 Å². The predicted molar refractivity (Wildman–Crippen MR) is 128 cm³/mol. The molecule has 1 N–H and O–H groups in total. The van der Waals surface area contributed by atoms with Crippen molar-refractivity contribution in [3.63, 3.8) is 0 Å². The summed E-state index contributed by atoms with van der Waals surface area (Å²) in [5, 5.41) is 9.65. The molecule has 1 atom stereocenters. The van der Waals surface area contributed by atoms with Gasteiger partial charge in [0.05, 0.1) is 19.1 Å². The molecule has 30 heavy (non-hydrogen) atoms. The molecule has 1 aromatic rings. The minimum Gasteiger partial charge on any atom is -0.481 e. The molecular formula is C26H45NO3. The van der Waals surface area contributed by atoms with Gasteiger partial charge in [-0.25, -0.2) is 0 Å². The van der Waals surface area contributed by atoms with E-state index < -0.39 is 5.97 Å². The smallest absolute Gasteiger partial charge is 0.306 e. The van der Waals surface area contributed by atoms with Crippen LogP contribution < -0.4 is 0 Å². The van der Waals surface area contributed by atoms with Crippen molar-refractivity contribution in [3.05, 3.63) is 47.2 Å². The molecule has 0 spiro atoms. The predicted octanol–water partition coefficient (Wildman–Crippen LogP) is 6.56. The van der Waals surface area contributed by atoms with Crippen LogP contribution in [-0.4, -0.2) is 42.3 Å². The number of morpholine rings is 1. The van der Waals surface area contributed by atoms with Crippen LogP contribution in [0.15, 0.2) is 41.6 Å². The molecule has 1 aliphatic carbocycles. The van der Waals surface area contributed by atoms with Gasteiger partial charge in [0.15, 0.2) is 0 Å². The summed E-state index contributed by atoms with van der Waals surface area (Å²) >= 11 is 0. The van der Waals surface area contributed by atoms with Gasteiger partial charge in [0, 0.05) is 25.2 Å². The first-order chi connectivity index (χ1) is 14.7. The van der Waals surface area contributed by atoms with E-state index in [9.17, 15) is 9.90 Å². The number of ether oxygens (including phenoxy) is 1. The van der Waals surface area contributed by atoms with Crippen molar-refractivity contribution in [3.8, 4) is 0 Å². The molecule has 1 unspecified atom stereocenters. The van der Waals surface area contributed by atoms with Crippen LogP contribution in [0.1, 0.15) is 79.2 Å². The molecule has 0 aromatic heterocycles. The van der Waals surface area contributed by atoms with E-state index in [2.05, 4.69) is 17.0 Å². The fourth-order valence-corrected chi connectivity index (χ4v) is 3.42. The van der Waals surface area contributed by atoms with Crippen LogP contribution in [0.5, 0.6) is 0 Å². The van der Waals surface area contributed by atoms with Crippen molar-refractivity contribution in [2.45, 2.75) is 80.1 Å². The number of carbonyl (C=O) groups is 1. The van der Waals surface area contributed by atoms with E-state index >= 15 is 0 Å². The summed E-state index contributed by atoms with van der Waals surface area (Å²) in [5.74, 6) is -0.935. The zero-order valence-electron chi connectivity index (χ0n) is 20.2. The van der Waals surface area contributed by atoms with E-state index in [1.165, 1.54) is 16.8 Å². The van der Waals surface area contributed by atoms with Gasteiger partial charge < -0.3 is 14.7 Å². The van der Waals surface area contributed by atoms with Gasteiger partial charge in [0.2, 0.25) is 0 Å². The first-order valence-electron chi connectivity index (χ1n) is 12.0. The highest BCUT2D eigenvalue weighted by atomic mass is 16.5. The highest BCUT2D eigenvalue weighted by molar-refractivity contribution is 5.70. The Morgan fingerprint density at radius 1 is 1.00 bits per heavy atom. The monoisotopic (exact) mass is 419 g/mol. The average molecular weight is 420 g/mol. The third-order valence-corrected chi connectivity index (χ3v) is 4.95. The minimum atomic E-state index is -0.657. The lowest BCUT2D eigenvalue weighted by Gasteiger charge is -2.32. The quantitative estimate of drug-likeness (QED) is 0.518. The Kier molecular flexibility index (Phi) is 16.9. The molecule has 0 amide bonds. The Morgan fingerprint density at radius 2 is 1.57 bits per heavy atom. The van der Waals surface area contributed by atoms with Crippen LogP contribution in [0.2, 0.25) is 0 Å². The van der Waals surface area contributed by atoms with E-state index in [1.54, 1.807) is 0 Å². The molecule has 1 aliphatic heterocycles. The Hall–Kier alpha value is -1.81. The maximum absolute atomic E-state index is 11.7. The SMILES string of the molecule is CC.CC.CC.O=C(O)C(CCCc1ccccc1)CC(=C1CC1)N1CCOCC1. The Bertz CT molecular complexity index is 571. The average Bonchev–Trinajstić information content (AvgIpc) is 3.66. The second-order valence-electron chi connectivity index (χ2n) is 6.77. The lowest BCUT2D eigenvalue weighted by molar-refractivity contribution is -0.142. The van der Waals surface area contributed by atoms with Gasteiger partial charge in [-0.05, 0) is 37.7 Å². The number of aryl methyl sites for hydroxylation is 1. The molecular weight excluding hydrogens is 374 g/mol. The lowest BCUT2D eigenvalue weighted by Crippen LogP contribution is -2.36. The topological polar surface area (TPSA) is 49.8 Å². The highest BCUT2D eigenvalue weighted by Gasteiger charge is 2.28. The van der Waals surface area contributed by atoms with Gasteiger partial charge in [-0.2, -0.15) is 0 Å². The maximum atomic E-state index is 11.7. The fourth-order valence-electron chi connectivity index (χ4n) is 3.42. The molecule has 1 saturated heterocycles. The summed E-state index contributed by atoms with van der Waals surface area (Å²) < 4.78 is 5.44. The normalized spacial score (nSPS) is 15.3. The van der Waals surface area contributed by atoms with Gasteiger partial charge in [0.1, 0.15) is 0 Å². The summed E-state index contributed by atoms with van der Waals surface area (Å²) in [6.07, 6.45) is 5.58. The number of carboxylic acids is 1. The number of hydrogen-bond donors (Lipinski definition) is 1. The standard InChI is InChI=1S/C20H27NO3.3C2H6/c22-20(23)18(8-4-7-16-5-2-1-3-6-16)15-19(17-9-10-17)21-11-13-24-14-12-21;3*1-2/h1-3,5-6,18H,4,7-15H2,(H,22,23);3*1-2H3. The summed E-state index contributed by atoms with van der Waals surface area (Å²) in [5.41, 5.74) is 4.05. The summed E-state index contributed by atoms with van der Waals surface area (Å²) in [6, 6.07) is 10.3. The first kappa shape index (κ1) is 28.2. The molecule has 3 rings (SSSR count). The second kappa shape index (κ2) is 18.0. The molecule has 4 nitrogen and oxygen atoms in total. The number of allylic oxidation sites excluding steroid dienone is 2.